The Morgan fingerprint density at radius 3 is 3.27 bits per heavy atom. The van der Waals surface area contributed by atoms with Crippen LogP contribution in [0.3, 0.4) is 0 Å². The lowest BCUT2D eigenvalue weighted by Gasteiger charge is -2.30. The molecule has 0 spiro atoms. The average Bonchev–Trinajstić information content (AvgIpc) is 2.57. The zero-order chi connectivity index (χ0) is 10.4. The summed E-state index contributed by atoms with van der Waals surface area (Å²) in [4.78, 5) is 4.22. The van der Waals surface area contributed by atoms with Gasteiger partial charge in [-0.25, -0.2) is 4.98 Å². The molecule has 0 radical (unpaired) electrons. The Morgan fingerprint density at radius 2 is 2.40 bits per heavy atom. The number of hydrogen-bond acceptors (Lipinski definition) is 3. The summed E-state index contributed by atoms with van der Waals surface area (Å²) in [5.74, 6) is 1.28. The molecule has 0 saturated carbocycles. The van der Waals surface area contributed by atoms with Gasteiger partial charge in [0.1, 0.15) is 11.3 Å². The van der Waals surface area contributed by atoms with Crippen molar-refractivity contribution in [3.05, 3.63) is 22.8 Å². The molecular formula is C11H13ClN2O. The predicted molar refractivity (Wildman–Crippen MR) is 58.2 cm³/mol. The van der Waals surface area contributed by atoms with Gasteiger partial charge in [0, 0.05) is 5.56 Å². The molecule has 1 aromatic rings. The molecule has 0 bridgehead atoms. The fourth-order valence-electron chi connectivity index (χ4n) is 2.44. The maximum absolute atomic E-state index is 5.85. The number of piperidine rings is 1. The Hall–Kier alpha value is -0.800. The maximum Gasteiger partial charge on any atom is 0.220 e. The van der Waals surface area contributed by atoms with Crippen molar-refractivity contribution in [2.75, 3.05) is 6.54 Å². The van der Waals surface area contributed by atoms with Gasteiger partial charge in [0.05, 0.1) is 6.04 Å². The number of nitrogens with one attached hydrogen (secondary N) is 1. The van der Waals surface area contributed by atoms with Gasteiger partial charge < -0.3 is 10.1 Å². The maximum atomic E-state index is 5.85. The van der Waals surface area contributed by atoms with Crippen molar-refractivity contribution in [2.45, 2.75) is 25.5 Å². The number of rotatable bonds is 0. The van der Waals surface area contributed by atoms with E-state index in [0.717, 1.165) is 18.5 Å². The predicted octanol–water partition coefficient (Wildman–Crippen LogP) is 2.17. The van der Waals surface area contributed by atoms with Gasteiger partial charge in [-0.1, -0.05) is 18.5 Å². The quantitative estimate of drug-likeness (QED) is 0.686. The first-order valence-corrected chi connectivity index (χ1v) is 5.70. The SMILES string of the molecule is C[C@@H]1CCN[C@H]2c3ccc(Cl)nc3O[C@@H]12. The minimum Gasteiger partial charge on any atom is -0.472 e. The lowest BCUT2D eigenvalue weighted by atomic mass is 9.89. The number of ether oxygens (including phenoxy) is 1. The Bertz CT molecular complexity index is 396. The second-order valence-corrected chi connectivity index (χ2v) is 4.70. The van der Waals surface area contributed by atoms with Crippen molar-refractivity contribution in [3.63, 3.8) is 0 Å². The molecule has 1 fully saturated rings. The van der Waals surface area contributed by atoms with Gasteiger partial charge in [-0.05, 0) is 31.0 Å². The summed E-state index contributed by atoms with van der Waals surface area (Å²) in [7, 11) is 0. The fraction of sp³-hybridized carbons (Fsp3) is 0.545. The average molecular weight is 225 g/mol. The Labute approximate surface area is 93.8 Å². The lowest BCUT2D eigenvalue weighted by Crippen LogP contribution is -2.42. The highest BCUT2D eigenvalue weighted by atomic mass is 35.5. The highest BCUT2D eigenvalue weighted by molar-refractivity contribution is 6.29. The number of nitrogens with zero attached hydrogens (tertiary/aromatic N) is 1. The number of hydrogen-bond donors (Lipinski definition) is 1. The van der Waals surface area contributed by atoms with Crippen LogP contribution >= 0.6 is 11.6 Å². The van der Waals surface area contributed by atoms with Crippen molar-refractivity contribution in [2.24, 2.45) is 5.92 Å². The standard InChI is InChI=1S/C11H13ClN2O/c1-6-4-5-13-9-7-2-3-8(12)14-11(7)15-10(6)9/h2-3,6,9-10,13H,4-5H2,1H3/t6-,9+,10+/m1/s1. The van der Waals surface area contributed by atoms with Gasteiger partial charge >= 0.3 is 0 Å². The van der Waals surface area contributed by atoms with E-state index in [0.29, 0.717) is 23.0 Å². The van der Waals surface area contributed by atoms with Gasteiger partial charge in [0.2, 0.25) is 5.88 Å². The van der Waals surface area contributed by atoms with E-state index in [1.54, 1.807) is 0 Å². The highest BCUT2D eigenvalue weighted by Crippen LogP contribution is 2.41. The molecular weight excluding hydrogens is 212 g/mol. The van der Waals surface area contributed by atoms with Crippen LogP contribution in [-0.2, 0) is 0 Å². The van der Waals surface area contributed by atoms with E-state index in [1.165, 1.54) is 0 Å². The summed E-state index contributed by atoms with van der Waals surface area (Å²) < 4.78 is 5.85. The molecule has 0 amide bonds. The topological polar surface area (TPSA) is 34.2 Å². The van der Waals surface area contributed by atoms with Crippen molar-refractivity contribution in [1.82, 2.24) is 10.3 Å². The van der Waals surface area contributed by atoms with E-state index in [-0.39, 0.29) is 6.10 Å². The molecule has 2 aliphatic rings. The molecule has 1 saturated heterocycles. The number of aromatic nitrogens is 1. The first-order chi connectivity index (χ1) is 7.25. The van der Waals surface area contributed by atoms with Gasteiger partial charge in [0.25, 0.3) is 0 Å². The molecule has 1 N–H and O–H groups in total. The Morgan fingerprint density at radius 1 is 1.53 bits per heavy atom. The molecule has 1 aromatic heterocycles. The first-order valence-electron chi connectivity index (χ1n) is 5.32. The molecule has 3 nitrogen and oxygen atoms in total. The molecule has 4 heteroatoms. The van der Waals surface area contributed by atoms with E-state index in [9.17, 15) is 0 Å². The summed E-state index contributed by atoms with van der Waals surface area (Å²) in [6, 6.07) is 4.14. The van der Waals surface area contributed by atoms with E-state index >= 15 is 0 Å². The number of pyridine rings is 1. The van der Waals surface area contributed by atoms with Crippen molar-refractivity contribution >= 4 is 11.6 Å². The zero-order valence-corrected chi connectivity index (χ0v) is 9.29. The van der Waals surface area contributed by atoms with Gasteiger partial charge in [-0.15, -0.1) is 0 Å². The summed E-state index contributed by atoms with van der Waals surface area (Å²) >= 11 is 5.85. The van der Waals surface area contributed by atoms with Crippen LogP contribution in [0.4, 0.5) is 0 Å². The third-order valence-electron chi connectivity index (χ3n) is 3.29. The first kappa shape index (κ1) is 9.43. The van der Waals surface area contributed by atoms with Crippen molar-refractivity contribution in [1.29, 1.82) is 0 Å². The van der Waals surface area contributed by atoms with Gasteiger partial charge in [-0.2, -0.15) is 0 Å². The smallest absolute Gasteiger partial charge is 0.220 e. The van der Waals surface area contributed by atoms with Crippen LogP contribution in [0.1, 0.15) is 24.9 Å². The van der Waals surface area contributed by atoms with E-state index in [4.69, 9.17) is 16.3 Å². The molecule has 15 heavy (non-hydrogen) atoms. The normalized spacial score (nSPS) is 33.1. The summed E-state index contributed by atoms with van der Waals surface area (Å²) in [5, 5.41) is 3.98. The van der Waals surface area contributed by atoms with Crippen LogP contribution in [0.2, 0.25) is 5.15 Å². The third kappa shape index (κ3) is 1.42. The minimum absolute atomic E-state index is 0.222. The van der Waals surface area contributed by atoms with Crippen LogP contribution < -0.4 is 10.1 Å². The molecule has 3 rings (SSSR count). The Kier molecular flexibility index (Phi) is 2.11. The van der Waals surface area contributed by atoms with Crippen LogP contribution in [0.15, 0.2) is 12.1 Å². The summed E-state index contributed by atoms with van der Waals surface area (Å²) in [6.45, 7) is 3.28. The summed E-state index contributed by atoms with van der Waals surface area (Å²) in [5.41, 5.74) is 1.15. The Balaban J connectivity index is 2.00. The zero-order valence-electron chi connectivity index (χ0n) is 8.53. The van der Waals surface area contributed by atoms with E-state index in [1.807, 2.05) is 12.1 Å². The van der Waals surface area contributed by atoms with Gasteiger partial charge in [-0.3, -0.25) is 0 Å². The van der Waals surface area contributed by atoms with Crippen LogP contribution in [0, 0.1) is 5.92 Å². The van der Waals surface area contributed by atoms with Crippen LogP contribution in [0.25, 0.3) is 0 Å². The lowest BCUT2D eigenvalue weighted by molar-refractivity contribution is 0.0980. The number of halogens is 1. The van der Waals surface area contributed by atoms with Crippen LogP contribution in [0.5, 0.6) is 5.88 Å². The molecule has 0 unspecified atom stereocenters. The highest BCUT2D eigenvalue weighted by Gasteiger charge is 2.40. The molecule has 0 aliphatic carbocycles. The third-order valence-corrected chi connectivity index (χ3v) is 3.50. The molecule has 3 atom stereocenters. The molecule has 0 aromatic carbocycles. The second kappa shape index (κ2) is 3.35. The second-order valence-electron chi connectivity index (χ2n) is 4.31. The summed E-state index contributed by atoms with van der Waals surface area (Å²) in [6.07, 6.45) is 1.38. The van der Waals surface area contributed by atoms with Crippen LogP contribution in [-0.4, -0.2) is 17.6 Å². The van der Waals surface area contributed by atoms with Crippen molar-refractivity contribution < 1.29 is 4.74 Å². The number of fused-ring (bicyclic) bond motifs is 3. The molecule has 80 valence electrons. The molecule has 2 aliphatic heterocycles. The van der Waals surface area contributed by atoms with Gasteiger partial charge in [0.15, 0.2) is 0 Å². The largest absolute Gasteiger partial charge is 0.472 e. The minimum atomic E-state index is 0.222. The van der Waals surface area contributed by atoms with E-state index < -0.39 is 0 Å². The van der Waals surface area contributed by atoms with E-state index in [2.05, 4.69) is 17.2 Å². The monoisotopic (exact) mass is 224 g/mol. The molecule has 3 heterocycles. The fourth-order valence-corrected chi connectivity index (χ4v) is 2.57. The van der Waals surface area contributed by atoms with Crippen molar-refractivity contribution in [3.8, 4) is 5.88 Å².